The van der Waals surface area contributed by atoms with Crippen molar-refractivity contribution in [3.63, 3.8) is 0 Å². The number of carbonyl (C=O) groups is 6. The smallest absolute Gasteiger partial charge is 0.246 e. The number of para-hydroxylation sites is 1. The van der Waals surface area contributed by atoms with Gasteiger partial charge in [0.15, 0.2) is 0 Å². The van der Waals surface area contributed by atoms with Crippen molar-refractivity contribution in [2.45, 2.75) is 69.2 Å². The van der Waals surface area contributed by atoms with Crippen molar-refractivity contribution in [1.29, 1.82) is 0 Å². The Labute approximate surface area is 295 Å². The van der Waals surface area contributed by atoms with Crippen LogP contribution in [0, 0.1) is 0 Å². The first kappa shape index (κ1) is 35.6. The second-order valence-corrected chi connectivity index (χ2v) is 13.5. The molecule has 3 aliphatic heterocycles. The molecule has 51 heavy (non-hydrogen) atoms. The second kappa shape index (κ2) is 16.2. The van der Waals surface area contributed by atoms with Crippen LogP contribution in [-0.2, 0) is 41.6 Å². The minimum atomic E-state index is -1.12. The molecule has 0 aliphatic carbocycles. The highest BCUT2D eigenvalue weighted by atomic mass is 16.3. The van der Waals surface area contributed by atoms with Crippen molar-refractivity contribution in [1.82, 2.24) is 35.6 Å². The van der Waals surface area contributed by atoms with Gasteiger partial charge in [-0.1, -0.05) is 48.5 Å². The van der Waals surface area contributed by atoms with Crippen LogP contribution in [0.5, 0.6) is 0 Å². The summed E-state index contributed by atoms with van der Waals surface area (Å²) in [5.74, 6) is -2.48. The number of H-pyrrole nitrogens is 1. The molecule has 1 aromatic heterocycles. The predicted octanol–water partition coefficient (Wildman–Crippen LogP) is 0.246. The van der Waals surface area contributed by atoms with E-state index in [2.05, 4.69) is 20.9 Å². The minimum Gasteiger partial charge on any atom is -0.391 e. The first-order valence-corrected chi connectivity index (χ1v) is 17.7. The number of likely N-dealkylation sites (tertiary alicyclic amines) is 1. The topological polar surface area (TPSA) is 184 Å². The van der Waals surface area contributed by atoms with Crippen LogP contribution in [0.3, 0.4) is 0 Å². The molecule has 3 fully saturated rings. The number of rotatable bonds is 8. The lowest BCUT2D eigenvalue weighted by molar-refractivity contribution is -0.142. The average Bonchev–Trinajstić information content (AvgIpc) is 3.85. The number of aliphatic hydroxyl groups excluding tert-OH is 1. The molecule has 0 radical (unpaired) electrons. The number of fused-ring (bicyclic) bond motifs is 2. The Morgan fingerprint density at radius 1 is 0.882 bits per heavy atom. The average molecular weight is 700 g/mol. The summed E-state index contributed by atoms with van der Waals surface area (Å²) >= 11 is 0. The lowest BCUT2D eigenvalue weighted by atomic mass is 10.0. The number of hydrogen-bond acceptors (Lipinski definition) is 7. The highest BCUT2D eigenvalue weighted by Crippen LogP contribution is 2.24. The van der Waals surface area contributed by atoms with Gasteiger partial charge < -0.3 is 40.7 Å². The number of carbonyl (C=O) groups excluding carboxylic acids is 6. The van der Waals surface area contributed by atoms with Crippen molar-refractivity contribution < 1.29 is 33.9 Å². The molecule has 270 valence electrons. The van der Waals surface area contributed by atoms with Gasteiger partial charge in [-0.25, -0.2) is 0 Å². The molecule has 4 atom stereocenters. The van der Waals surface area contributed by atoms with Gasteiger partial charge in [0, 0.05) is 81.9 Å². The number of aliphatic hydroxyl groups is 1. The molecular weight excluding hydrogens is 654 g/mol. The largest absolute Gasteiger partial charge is 0.391 e. The molecule has 14 nitrogen and oxygen atoms in total. The molecule has 5 N–H and O–H groups in total. The van der Waals surface area contributed by atoms with E-state index >= 15 is 0 Å². The normalized spacial score (nSPS) is 23.8. The van der Waals surface area contributed by atoms with E-state index in [1.54, 1.807) is 11.1 Å². The maximum atomic E-state index is 14.3. The van der Waals surface area contributed by atoms with Crippen molar-refractivity contribution in [2.75, 3.05) is 39.3 Å². The van der Waals surface area contributed by atoms with E-state index in [0.29, 0.717) is 25.9 Å². The van der Waals surface area contributed by atoms with E-state index in [4.69, 9.17) is 0 Å². The molecule has 0 spiro atoms. The van der Waals surface area contributed by atoms with Crippen LogP contribution < -0.4 is 16.0 Å². The molecule has 0 bridgehead atoms. The van der Waals surface area contributed by atoms with Crippen molar-refractivity contribution >= 4 is 46.3 Å². The molecule has 14 heteroatoms. The number of nitrogens with one attached hydrogen (secondary N) is 4. The first-order chi connectivity index (χ1) is 24.7. The summed E-state index contributed by atoms with van der Waals surface area (Å²) in [6, 6.07) is 13.5. The van der Waals surface area contributed by atoms with Crippen LogP contribution >= 0.6 is 0 Å². The summed E-state index contributed by atoms with van der Waals surface area (Å²) < 4.78 is 0. The van der Waals surface area contributed by atoms with Crippen LogP contribution in [0.15, 0.2) is 60.8 Å². The van der Waals surface area contributed by atoms with Gasteiger partial charge in [0.2, 0.25) is 35.4 Å². The van der Waals surface area contributed by atoms with Crippen LogP contribution in [0.2, 0.25) is 0 Å². The lowest BCUT2D eigenvalue weighted by Crippen LogP contribution is -2.57. The molecule has 4 heterocycles. The van der Waals surface area contributed by atoms with Gasteiger partial charge in [-0.05, 0) is 30.0 Å². The van der Waals surface area contributed by atoms with E-state index in [9.17, 15) is 33.9 Å². The van der Waals surface area contributed by atoms with Gasteiger partial charge in [0.25, 0.3) is 0 Å². The van der Waals surface area contributed by atoms with Gasteiger partial charge in [-0.3, -0.25) is 28.8 Å². The second-order valence-electron chi connectivity index (χ2n) is 13.5. The number of aromatic nitrogens is 1. The maximum absolute atomic E-state index is 14.3. The van der Waals surface area contributed by atoms with Gasteiger partial charge in [0.1, 0.15) is 18.1 Å². The van der Waals surface area contributed by atoms with Crippen LogP contribution in [0.1, 0.15) is 43.2 Å². The third kappa shape index (κ3) is 8.74. The molecule has 0 unspecified atom stereocenters. The van der Waals surface area contributed by atoms with Crippen LogP contribution in [0.25, 0.3) is 10.9 Å². The van der Waals surface area contributed by atoms with Crippen LogP contribution in [-0.4, -0.2) is 124 Å². The lowest BCUT2D eigenvalue weighted by Gasteiger charge is -2.30. The van der Waals surface area contributed by atoms with E-state index in [0.717, 1.165) is 28.5 Å². The van der Waals surface area contributed by atoms with E-state index in [-0.39, 0.29) is 63.7 Å². The molecule has 3 saturated heterocycles. The zero-order valence-electron chi connectivity index (χ0n) is 28.5. The summed E-state index contributed by atoms with van der Waals surface area (Å²) in [4.78, 5) is 88.6. The highest BCUT2D eigenvalue weighted by Gasteiger charge is 2.43. The van der Waals surface area contributed by atoms with Gasteiger partial charge in [-0.2, -0.15) is 0 Å². The van der Waals surface area contributed by atoms with Crippen molar-refractivity contribution in [2.24, 2.45) is 0 Å². The predicted molar refractivity (Wildman–Crippen MR) is 187 cm³/mol. The molecule has 0 saturated carbocycles. The van der Waals surface area contributed by atoms with Crippen LogP contribution in [0.4, 0.5) is 0 Å². The number of hydrogen-bond donors (Lipinski definition) is 5. The van der Waals surface area contributed by atoms with Crippen molar-refractivity contribution in [3.05, 3.63) is 71.9 Å². The van der Waals surface area contributed by atoms with E-state index < -0.39 is 47.9 Å². The molecule has 3 aliphatic rings. The van der Waals surface area contributed by atoms with Gasteiger partial charge >= 0.3 is 0 Å². The van der Waals surface area contributed by atoms with Gasteiger partial charge in [-0.15, -0.1) is 0 Å². The molecule has 6 amide bonds. The fourth-order valence-electron chi connectivity index (χ4n) is 7.22. The fraction of sp³-hybridized carbons (Fsp3) is 0.459. The zero-order valence-corrected chi connectivity index (χ0v) is 28.5. The summed E-state index contributed by atoms with van der Waals surface area (Å²) in [6.45, 7) is 0.617. The first-order valence-electron chi connectivity index (χ1n) is 17.7. The Hall–Kier alpha value is -5.24. The van der Waals surface area contributed by atoms with E-state index in [1.807, 2.05) is 54.6 Å². The summed E-state index contributed by atoms with van der Waals surface area (Å²) in [6.07, 6.45) is 2.81. The number of aromatic amines is 1. The Kier molecular flexibility index (Phi) is 11.3. The van der Waals surface area contributed by atoms with Gasteiger partial charge in [0.05, 0.1) is 12.6 Å². The molecular formula is C37H45N7O7. The number of benzene rings is 2. The molecule has 6 rings (SSSR count). The Morgan fingerprint density at radius 2 is 1.67 bits per heavy atom. The summed E-state index contributed by atoms with van der Waals surface area (Å²) in [7, 11) is 0. The third-order valence-electron chi connectivity index (χ3n) is 9.87. The third-order valence-corrected chi connectivity index (χ3v) is 9.87. The number of nitrogens with zero attached hydrogens (tertiary/aromatic N) is 3. The Balaban J connectivity index is 1.27. The quantitative estimate of drug-likeness (QED) is 0.223. The highest BCUT2D eigenvalue weighted by molar-refractivity contribution is 5.96. The summed E-state index contributed by atoms with van der Waals surface area (Å²) in [5, 5.41) is 20.0. The summed E-state index contributed by atoms with van der Waals surface area (Å²) in [5.41, 5.74) is 2.42. The zero-order chi connectivity index (χ0) is 35.9. The van der Waals surface area contributed by atoms with E-state index in [1.165, 1.54) is 9.80 Å². The standard InChI is InChI=1S/C37H45N7O7/c45-26-20-31-36(50)41-29(18-24-8-2-1-3-9-24)35(49)38-14-17-43(34(48)13-7-16-42-15-6-12-33(42)47)23-32(46)40-30(37(51)44(31)22-26)19-25-21-39-28-11-5-4-10-27(25)28/h1-5,8-11,21,26,29-31,39,45H,6-7,12-20,22-23H2,(H,38,49)(H,40,46)(H,41,50)/t26-,29+,30-,31+/m1/s1. The Morgan fingerprint density at radius 3 is 2.45 bits per heavy atom. The molecule has 2 aromatic carbocycles. The van der Waals surface area contributed by atoms with Crippen molar-refractivity contribution in [3.8, 4) is 0 Å². The fourth-order valence-corrected chi connectivity index (χ4v) is 7.22. The number of amides is 6. The SMILES string of the molecule is O=C1CN(C(=O)CCCN2CCCC2=O)CCNC(=O)[C@H](Cc2ccccc2)NC(=O)[C@@H]2C[C@@H](O)CN2C(=O)[C@@H](Cc2c[nH]c3ccccc23)N1. The Bertz CT molecular complexity index is 1760. The maximum Gasteiger partial charge on any atom is 0.246 e. The monoisotopic (exact) mass is 699 g/mol. The minimum absolute atomic E-state index is 0.00858. The molecule has 3 aromatic rings.